The van der Waals surface area contributed by atoms with Crippen molar-refractivity contribution < 1.29 is 38.0 Å². The predicted molar refractivity (Wildman–Crippen MR) is 145 cm³/mol. The molecule has 0 fully saturated rings. The minimum absolute atomic E-state index is 0.0435. The molecule has 1 aliphatic carbocycles. The number of Topliss-reactive ketones (excluding diaryl/α,β-unsaturated/α-hetero) is 1. The zero-order chi connectivity index (χ0) is 28.1. The molecule has 1 N–H and O–H groups in total. The fourth-order valence-corrected chi connectivity index (χ4v) is 5.31. The van der Waals surface area contributed by atoms with E-state index in [9.17, 15) is 9.59 Å². The van der Waals surface area contributed by atoms with Gasteiger partial charge in [-0.3, -0.25) is 4.79 Å². The van der Waals surface area contributed by atoms with Crippen LogP contribution in [-0.4, -0.2) is 60.5 Å². The fraction of sp³-hybridized carbons (Fsp3) is 0.400. The molecule has 0 amide bonds. The van der Waals surface area contributed by atoms with Crippen LogP contribution in [0.1, 0.15) is 42.7 Å². The number of carbonyl (C=O) groups excluding carboxylic acids is 2. The Bertz CT molecular complexity index is 1310. The van der Waals surface area contributed by atoms with Gasteiger partial charge in [-0.05, 0) is 54.7 Å². The molecule has 208 valence electrons. The first kappa shape index (κ1) is 28.0. The van der Waals surface area contributed by atoms with Crippen LogP contribution in [0, 0.1) is 0 Å². The fourth-order valence-electron chi connectivity index (χ4n) is 5.31. The van der Waals surface area contributed by atoms with E-state index in [1.807, 2.05) is 37.3 Å². The molecule has 9 heteroatoms. The first-order valence-corrected chi connectivity index (χ1v) is 12.7. The molecule has 1 heterocycles. The number of hydrogen-bond acceptors (Lipinski definition) is 9. The lowest BCUT2D eigenvalue weighted by Crippen LogP contribution is -2.36. The lowest BCUT2D eigenvalue weighted by atomic mass is 9.71. The highest BCUT2D eigenvalue weighted by Gasteiger charge is 2.41. The maximum absolute atomic E-state index is 13.9. The summed E-state index contributed by atoms with van der Waals surface area (Å²) in [6.07, 6.45) is 0.870. The number of carbonyl (C=O) groups is 2. The summed E-state index contributed by atoms with van der Waals surface area (Å²) in [7, 11) is 7.83. The van der Waals surface area contributed by atoms with E-state index >= 15 is 0 Å². The van der Waals surface area contributed by atoms with Crippen molar-refractivity contribution in [1.82, 2.24) is 5.32 Å². The van der Waals surface area contributed by atoms with E-state index in [4.69, 9.17) is 28.4 Å². The molecule has 0 aromatic heterocycles. The van der Waals surface area contributed by atoms with Gasteiger partial charge in [0.2, 0.25) is 0 Å². The van der Waals surface area contributed by atoms with Crippen LogP contribution in [0.15, 0.2) is 58.9 Å². The number of nitrogens with one attached hydrogen (secondary N) is 1. The summed E-state index contributed by atoms with van der Waals surface area (Å²) in [6.45, 7) is 2.20. The zero-order valence-corrected chi connectivity index (χ0v) is 23.2. The molecule has 0 saturated carbocycles. The van der Waals surface area contributed by atoms with Crippen LogP contribution >= 0.6 is 0 Å². The standard InChI is InChI=1S/C30H35NO8/c1-17-27(30(33)39-12-11-34-2)28(19-8-10-24(36-4)26(16-19)38-6)29-21(31-17)13-20(14-22(29)32)18-7-9-23(35-3)25(15-18)37-5/h7-10,15-16,20,28,31H,11-14H2,1-6H3/t20-,28+/m1/s1. The van der Waals surface area contributed by atoms with E-state index in [0.29, 0.717) is 46.3 Å². The highest BCUT2D eigenvalue weighted by atomic mass is 16.6. The van der Waals surface area contributed by atoms with Crippen LogP contribution in [0.4, 0.5) is 0 Å². The molecule has 2 aromatic rings. The number of hydrogen-bond donors (Lipinski definition) is 1. The summed E-state index contributed by atoms with van der Waals surface area (Å²) < 4.78 is 32.4. The number of ketones is 1. The van der Waals surface area contributed by atoms with Crippen LogP contribution in [0.2, 0.25) is 0 Å². The Labute approximate surface area is 228 Å². The summed E-state index contributed by atoms with van der Waals surface area (Å²) in [5.41, 5.74) is 4.08. The Kier molecular flexibility index (Phi) is 8.81. The minimum Gasteiger partial charge on any atom is -0.493 e. The van der Waals surface area contributed by atoms with Gasteiger partial charge in [0.05, 0.1) is 40.6 Å². The lowest BCUT2D eigenvalue weighted by molar-refractivity contribution is -0.140. The van der Waals surface area contributed by atoms with Gasteiger partial charge in [0.1, 0.15) is 6.61 Å². The van der Waals surface area contributed by atoms with Gasteiger partial charge in [-0.2, -0.15) is 0 Å². The van der Waals surface area contributed by atoms with Crippen molar-refractivity contribution in [3.8, 4) is 23.0 Å². The van der Waals surface area contributed by atoms with Crippen molar-refractivity contribution >= 4 is 11.8 Å². The lowest BCUT2D eigenvalue weighted by Gasteiger charge is -2.37. The number of rotatable bonds is 10. The summed E-state index contributed by atoms with van der Waals surface area (Å²) in [5.74, 6) is 1.05. The summed E-state index contributed by atoms with van der Waals surface area (Å²) >= 11 is 0. The van der Waals surface area contributed by atoms with Crippen molar-refractivity contribution in [3.05, 3.63) is 70.1 Å². The molecule has 4 rings (SSSR count). The molecule has 0 bridgehead atoms. The second-order valence-electron chi connectivity index (χ2n) is 9.37. The Morgan fingerprint density at radius 1 is 0.821 bits per heavy atom. The number of methoxy groups -OCH3 is 5. The predicted octanol–water partition coefficient (Wildman–Crippen LogP) is 4.27. The monoisotopic (exact) mass is 537 g/mol. The maximum Gasteiger partial charge on any atom is 0.336 e. The van der Waals surface area contributed by atoms with Crippen molar-refractivity contribution in [1.29, 1.82) is 0 Å². The van der Waals surface area contributed by atoms with Crippen LogP contribution in [0.3, 0.4) is 0 Å². The average molecular weight is 538 g/mol. The number of dihydropyridines is 1. The van der Waals surface area contributed by atoms with Gasteiger partial charge in [-0.1, -0.05) is 12.1 Å². The average Bonchev–Trinajstić information content (AvgIpc) is 2.95. The normalized spacial score (nSPS) is 18.8. The molecule has 2 aromatic carbocycles. The first-order valence-electron chi connectivity index (χ1n) is 12.7. The Balaban J connectivity index is 1.78. The van der Waals surface area contributed by atoms with E-state index in [1.165, 1.54) is 0 Å². The molecule has 0 radical (unpaired) electrons. The second-order valence-corrected chi connectivity index (χ2v) is 9.37. The number of ether oxygens (including phenoxy) is 6. The summed E-state index contributed by atoms with van der Waals surface area (Å²) in [6, 6.07) is 11.2. The van der Waals surface area contributed by atoms with Gasteiger partial charge in [0, 0.05) is 36.4 Å². The van der Waals surface area contributed by atoms with Gasteiger partial charge in [-0.15, -0.1) is 0 Å². The van der Waals surface area contributed by atoms with E-state index in [-0.39, 0.29) is 31.3 Å². The first-order chi connectivity index (χ1) is 18.9. The number of esters is 1. The van der Waals surface area contributed by atoms with Crippen LogP contribution in [-0.2, 0) is 19.1 Å². The summed E-state index contributed by atoms with van der Waals surface area (Å²) in [5, 5.41) is 3.37. The molecule has 2 atom stereocenters. The smallest absolute Gasteiger partial charge is 0.336 e. The van der Waals surface area contributed by atoms with E-state index in [2.05, 4.69) is 5.32 Å². The molecule has 9 nitrogen and oxygen atoms in total. The van der Waals surface area contributed by atoms with Crippen molar-refractivity contribution in [3.63, 3.8) is 0 Å². The molecule has 0 saturated heterocycles. The molecule has 1 aliphatic heterocycles. The molecule has 39 heavy (non-hydrogen) atoms. The molecular formula is C30H35NO8. The third-order valence-corrected chi connectivity index (χ3v) is 7.19. The molecule has 0 spiro atoms. The highest BCUT2D eigenvalue weighted by molar-refractivity contribution is 6.04. The van der Waals surface area contributed by atoms with Crippen LogP contribution in [0.25, 0.3) is 0 Å². The molecule has 0 unspecified atom stereocenters. The third-order valence-electron chi connectivity index (χ3n) is 7.19. The quantitative estimate of drug-likeness (QED) is 0.352. The van der Waals surface area contributed by atoms with Gasteiger partial charge in [0.15, 0.2) is 28.8 Å². The second kappa shape index (κ2) is 12.3. The SMILES string of the molecule is COCCOC(=O)C1=C(C)NC2=C(C(=O)C[C@H](c3ccc(OC)c(OC)c3)C2)[C@H]1c1ccc(OC)c(OC)c1. The van der Waals surface area contributed by atoms with E-state index < -0.39 is 11.9 Å². The number of benzene rings is 2. The Morgan fingerprint density at radius 3 is 2.00 bits per heavy atom. The van der Waals surface area contributed by atoms with Gasteiger partial charge in [0.25, 0.3) is 0 Å². The topological polar surface area (TPSA) is 102 Å². The van der Waals surface area contributed by atoms with E-state index in [0.717, 1.165) is 16.8 Å². The number of allylic oxidation sites excluding steroid dienone is 3. The molecule has 2 aliphatic rings. The van der Waals surface area contributed by atoms with E-state index in [1.54, 1.807) is 41.6 Å². The zero-order valence-electron chi connectivity index (χ0n) is 23.2. The van der Waals surface area contributed by atoms with Crippen LogP contribution < -0.4 is 24.3 Å². The van der Waals surface area contributed by atoms with Gasteiger partial charge in [-0.25, -0.2) is 4.79 Å². The van der Waals surface area contributed by atoms with Crippen molar-refractivity contribution in [2.75, 3.05) is 48.8 Å². The largest absolute Gasteiger partial charge is 0.493 e. The highest BCUT2D eigenvalue weighted by Crippen LogP contribution is 2.47. The van der Waals surface area contributed by atoms with Crippen LogP contribution in [0.5, 0.6) is 23.0 Å². The Morgan fingerprint density at radius 2 is 1.41 bits per heavy atom. The minimum atomic E-state index is -0.630. The van der Waals surface area contributed by atoms with Crippen molar-refractivity contribution in [2.45, 2.75) is 31.6 Å². The van der Waals surface area contributed by atoms with Gasteiger partial charge >= 0.3 is 5.97 Å². The Hall–Kier alpha value is -3.98. The third kappa shape index (κ3) is 5.59. The molecular weight excluding hydrogens is 502 g/mol. The van der Waals surface area contributed by atoms with Crippen molar-refractivity contribution in [2.24, 2.45) is 0 Å². The van der Waals surface area contributed by atoms with Gasteiger partial charge < -0.3 is 33.7 Å². The summed E-state index contributed by atoms with van der Waals surface area (Å²) in [4.78, 5) is 27.2. The maximum atomic E-state index is 13.9.